The van der Waals surface area contributed by atoms with Crippen molar-refractivity contribution in [2.45, 2.75) is 20.0 Å². The van der Waals surface area contributed by atoms with Crippen molar-refractivity contribution >= 4 is 34.0 Å². The molecule has 5 nitrogen and oxygen atoms in total. The van der Waals surface area contributed by atoms with Gasteiger partial charge in [-0.2, -0.15) is 0 Å². The zero-order valence-electron chi connectivity index (χ0n) is 13.7. The number of amides is 1. The first kappa shape index (κ1) is 17.4. The molecule has 2 aromatic carbocycles. The van der Waals surface area contributed by atoms with Crippen molar-refractivity contribution in [2.75, 3.05) is 5.32 Å². The molecule has 0 radical (unpaired) electrons. The molecule has 0 bridgehead atoms. The van der Waals surface area contributed by atoms with Crippen molar-refractivity contribution in [1.82, 2.24) is 10.2 Å². The van der Waals surface area contributed by atoms with E-state index in [-0.39, 0.29) is 5.91 Å². The fourth-order valence-corrected chi connectivity index (χ4v) is 3.00. The Morgan fingerprint density at radius 3 is 2.60 bits per heavy atom. The van der Waals surface area contributed by atoms with E-state index in [1.807, 2.05) is 43.3 Å². The molecule has 0 aliphatic carbocycles. The van der Waals surface area contributed by atoms with E-state index in [4.69, 9.17) is 16.3 Å². The van der Waals surface area contributed by atoms with Gasteiger partial charge < -0.3 is 4.74 Å². The minimum atomic E-state index is -0.649. The van der Waals surface area contributed by atoms with Crippen LogP contribution in [0, 0.1) is 6.92 Å². The molecule has 1 amide bonds. The average molecular weight is 374 g/mol. The fourth-order valence-electron chi connectivity index (χ4n) is 2.12. The quantitative estimate of drug-likeness (QED) is 0.711. The van der Waals surface area contributed by atoms with Crippen LogP contribution in [0.15, 0.2) is 48.5 Å². The van der Waals surface area contributed by atoms with Gasteiger partial charge in [0, 0.05) is 10.6 Å². The van der Waals surface area contributed by atoms with Crippen molar-refractivity contribution in [1.29, 1.82) is 0 Å². The Bertz CT molecular complexity index is 880. The molecule has 0 unspecified atom stereocenters. The lowest BCUT2D eigenvalue weighted by Gasteiger charge is -2.15. The summed E-state index contributed by atoms with van der Waals surface area (Å²) in [5, 5.41) is 12.6. The topological polar surface area (TPSA) is 64.1 Å². The van der Waals surface area contributed by atoms with E-state index in [9.17, 15) is 4.79 Å². The Morgan fingerprint density at radius 2 is 1.88 bits per heavy atom. The predicted octanol–water partition coefficient (Wildman–Crippen LogP) is 4.57. The van der Waals surface area contributed by atoms with Crippen LogP contribution in [-0.4, -0.2) is 22.2 Å². The summed E-state index contributed by atoms with van der Waals surface area (Å²) < 4.78 is 5.71. The van der Waals surface area contributed by atoms with Crippen molar-refractivity contribution in [3.8, 4) is 16.3 Å². The highest BCUT2D eigenvalue weighted by atomic mass is 35.5. The number of ether oxygens (including phenoxy) is 1. The Balaban J connectivity index is 1.65. The number of benzene rings is 2. The monoisotopic (exact) mass is 373 g/mol. The zero-order chi connectivity index (χ0) is 17.8. The number of carbonyl (C=O) groups excluding carboxylic acids is 1. The molecule has 1 aromatic heterocycles. The van der Waals surface area contributed by atoms with Gasteiger partial charge in [-0.3, -0.25) is 10.1 Å². The van der Waals surface area contributed by atoms with Crippen molar-refractivity contribution in [3.05, 3.63) is 59.1 Å². The number of hydrogen-bond acceptors (Lipinski definition) is 5. The Labute approximate surface area is 154 Å². The Hall–Kier alpha value is -2.44. The minimum absolute atomic E-state index is 0.276. The number of nitrogens with zero attached hydrogens (tertiary/aromatic N) is 2. The maximum Gasteiger partial charge on any atom is 0.266 e. The highest BCUT2D eigenvalue weighted by molar-refractivity contribution is 7.18. The minimum Gasteiger partial charge on any atom is -0.481 e. The molecule has 7 heteroatoms. The summed E-state index contributed by atoms with van der Waals surface area (Å²) in [6, 6.07) is 14.9. The summed E-state index contributed by atoms with van der Waals surface area (Å²) in [6.45, 7) is 3.63. The first-order valence-electron chi connectivity index (χ1n) is 7.65. The van der Waals surface area contributed by atoms with Gasteiger partial charge in [0.2, 0.25) is 5.13 Å². The third-order valence-electron chi connectivity index (χ3n) is 3.51. The van der Waals surface area contributed by atoms with Crippen molar-refractivity contribution < 1.29 is 9.53 Å². The number of halogens is 1. The van der Waals surface area contributed by atoms with Gasteiger partial charge in [-0.1, -0.05) is 53.3 Å². The zero-order valence-corrected chi connectivity index (χ0v) is 15.3. The molecule has 25 heavy (non-hydrogen) atoms. The second kappa shape index (κ2) is 7.63. The number of para-hydroxylation sites is 1. The maximum absolute atomic E-state index is 12.3. The number of carbonyl (C=O) groups is 1. The number of aromatic nitrogens is 2. The summed E-state index contributed by atoms with van der Waals surface area (Å²) in [7, 11) is 0. The van der Waals surface area contributed by atoms with Crippen LogP contribution in [0.25, 0.3) is 10.6 Å². The van der Waals surface area contributed by atoms with E-state index < -0.39 is 6.10 Å². The van der Waals surface area contributed by atoms with E-state index in [0.29, 0.717) is 20.9 Å². The van der Waals surface area contributed by atoms with E-state index in [1.165, 1.54) is 11.3 Å². The smallest absolute Gasteiger partial charge is 0.266 e. The lowest BCUT2D eigenvalue weighted by Crippen LogP contribution is -2.30. The molecule has 0 fully saturated rings. The van der Waals surface area contributed by atoms with Crippen molar-refractivity contribution in [3.63, 3.8) is 0 Å². The number of rotatable bonds is 5. The van der Waals surface area contributed by atoms with Gasteiger partial charge in [-0.25, -0.2) is 0 Å². The van der Waals surface area contributed by atoms with Crippen LogP contribution in [0.5, 0.6) is 5.75 Å². The second-order valence-corrected chi connectivity index (χ2v) is 6.85. The number of aryl methyl sites for hydroxylation is 1. The summed E-state index contributed by atoms with van der Waals surface area (Å²) in [4.78, 5) is 12.3. The van der Waals surface area contributed by atoms with Crippen LogP contribution in [0.4, 0.5) is 5.13 Å². The summed E-state index contributed by atoms with van der Waals surface area (Å²) in [6.07, 6.45) is -0.649. The molecule has 1 heterocycles. The normalized spacial score (nSPS) is 11.8. The number of nitrogens with one attached hydrogen (secondary N) is 1. The highest BCUT2D eigenvalue weighted by Gasteiger charge is 2.18. The van der Waals surface area contributed by atoms with Crippen LogP contribution >= 0.6 is 22.9 Å². The third-order valence-corrected chi connectivity index (χ3v) is 4.65. The third kappa shape index (κ3) is 4.35. The molecule has 0 saturated heterocycles. The van der Waals surface area contributed by atoms with Crippen LogP contribution in [0.3, 0.4) is 0 Å². The molecule has 128 valence electrons. The lowest BCUT2D eigenvalue weighted by atomic mass is 10.2. The molecule has 0 aliphatic heterocycles. The van der Waals surface area contributed by atoms with Gasteiger partial charge in [-0.05, 0) is 37.6 Å². The number of hydrogen-bond donors (Lipinski definition) is 1. The van der Waals surface area contributed by atoms with E-state index in [1.54, 1.807) is 19.1 Å². The van der Waals surface area contributed by atoms with Gasteiger partial charge in [-0.15, -0.1) is 10.2 Å². The van der Waals surface area contributed by atoms with Gasteiger partial charge in [0.1, 0.15) is 10.8 Å². The molecule has 1 atom stereocenters. The molecule has 0 aliphatic rings. The van der Waals surface area contributed by atoms with E-state index in [0.717, 1.165) is 11.1 Å². The van der Waals surface area contributed by atoms with Gasteiger partial charge >= 0.3 is 0 Å². The summed E-state index contributed by atoms with van der Waals surface area (Å²) in [5.41, 5.74) is 1.87. The lowest BCUT2D eigenvalue weighted by molar-refractivity contribution is -0.122. The molecule has 3 rings (SSSR count). The molecule has 3 aromatic rings. The van der Waals surface area contributed by atoms with Crippen LogP contribution < -0.4 is 10.1 Å². The maximum atomic E-state index is 12.3. The number of anilines is 1. The van der Waals surface area contributed by atoms with Crippen LogP contribution in [0.1, 0.15) is 12.5 Å². The van der Waals surface area contributed by atoms with Crippen LogP contribution in [-0.2, 0) is 4.79 Å². The van der Waals surface area contributed by atoms with Gasteiger partial charge in [0.15, 0.2) is 6.10 Å². The first-order valence-corrected chi connectivity index (χ1v) is 8.85. The SMILES string of the molecule is Cc1ccccc1O[C@@H](C)C(=O)Nc1nnc(-c2ccc(Cl)cc2)s1. The predicted molar refractivity (Wildman–Crippen MR) is 100 cm³/mol. The fraction of sp³-hybridized carbons (Fsp3) is 0.167. The van der Waals surface area contributed by atoms with Crippen LogP contribution in [0.2, 0.25) is 5.02 Å². The Kier molecular flexibility index (Phi) is 5.31. The Morgan fingerprint density at radius 1 is 1.16 bits per heavy atom. The van der Waals surface area contributed by atoms with Gasteiger partial charge in [0.25, 0.3) is 5.91 Å². The first-order chi connectivity index (χ1) is 12.0. The molecule has 0 saturated carbocycles. The molecule has 0 spiro atoms. The van der Waals surface area contributed by atoms with Crippen molar-refractivity contribution in [2.24, 2.45) is 0 Å². The van der Waals surface area contributed by atoms with E-state index >= 15 is 0 Å². The van der Waals surface area contributed by atoms with E-state index in [2.05, 4.69) is 15.5 Å². The average Bonchev–Trinajstić information content (AvgIpc) is 3.06. The highest BCUT2D eigenvalue weighted by Crippen LogP contribution is 2.27. The van der Waals surface area contributed by atoms with Gasteiger partial charge in [0.05, 0.1) is 0 Å². The summed E-state index contributed by atoms with van der Waals surface area (Å²) >= 11 is 7.18. The molecular weight excluding hydrogens is 358 g/mol. The standard InChI is InChI=1S/C18H16ClN3O2S/c1-11-5-3-4-6-15(11)24-12(2)16(23)20-18-22-21-17(25-18)13-7-9-14(19)10-8-13/h3-10,12H,1-2H3,(H,20,22,23)/t12-/m0/s1. The molecule has 1 N–H and O–H groups in total. The molecular formula is C18H16ClN3O2S. The summed E-state index contributed by atoms with van der Waals surface area (Å²) in [5.74, 6) is 0.409. The largest absolute Gasteiger partial charge is 0.481 e. The second-order valence-electron chi connectivity index (χ2n) is 5.43.